The molecule has 0 unspecified atom stereocenters. The zero-order valence-electron chi connectivity index (χ0n) is 9.36. The minimum Gasteiger partial charge on any atom is -0.287 e. The quantitative estimate of drug-likeness (QED) is 0.506. The Morgan fingerprint density at radius 1 is 1.19 bits per heavy atom. The van der Waals surface area contributed by atoms with Gasteiger partial charge in [-0.1, -0.05) is 18.7 Å². The molecule has 0 saturated carbocycles. The molecule has 0 saturated heterocycles. The van der Waals surface area contributed by atoms with Crippen LogP contribution in [-0.4, -0.2) is 22.7 Å². The van der Waals surface area contributed by atoms with Gasteiger partial charge in [-0.05, 0) is 12.8 Å². The van der Waals surface area contributed by atoms with Crippen LogP contribution in [-0.2, 0) is 4.79 Å². The van der Waals surface area contributed by atoms with Crippen LogP contribution in [0.2, 0.25) is 0 Å². The van der Waals surface area contributed by atoms with Crippen molar-refractivity contribution < 1.29 is 22.4 Å². The Hall–Kier alpha value is -0.260. The number of thioether (sulfide) groups is 1. The summed E-state index contributed by atoms with van der Waals surface area (Å²) >= 11 is 1.06. The molecule has 0 bridgehead atoms. The third-order valence-electron chi connectivity index (χ3n) is 2.08. The number of hydrogen-bond donors (Lipinski definition) is 0. The molecule has 0 heterocycles. The number of carbonyl (C=O) groups is 1. The van der Waals surface area contributed by atoms with E-state index < -0.39 is 18.3 Å². The lowest BCUT2D eigenvalue weighted by molar-refractivity contribution is -0.201. The summed E-state index contributed by atoms with van der Waals surface area (Å²) in [6.45, 7) is 1.93. The highest BCUT2D eigenvalue weighted by atomic mass is 32.2. The Kier molecular flexibility index (Phi) is 6.36. The molecule has 0 radical (unpaired) electrons. The highest BCUT2D eigenvalue weighted by Gasteiger charge is 2.51. The molecule has 1 nitrogen and oxygen atoms in total. The van der Waals surface area contributed by atoms with Crippen LogP contribution < -0.4 is 0 Å². The minimum absolute atomic E-state index is 0.000421. The first-order valence-corrected chi connectivity index (χ1v) is 6.10. The van der Waals surface area contributed by atoms with Crippen molar-refractivity contribution in [1.82, 2.24) is 0 Å². The van der Waals surface area contributed by atoms with E-state index in [1.54, 1.807) is 6.92 Å². The number of rotatable bonds is 7. The summed E-state index contributed by atoms with van der Waals surface area (Å²) in [5, 5.41) is -0.00687. The molecule has 16 heavy (non-hydrogen) atoms. The van der Waals surface area contributed by atoms with E-state index in [4.69, 9.17) is 0 Å². The van der Waals surface area contributed by atoms with Crippen LogP contribution in [0.1, 0.15) is 39.5 Å². The van der Waals surface area contributed by atoms with Crippen LogP contribution >= 0.6 is 11.8 Å². The van der Waals surface area contributed by atoms with Gasteiger partial charge >= 0.3 is 11.8 Å². The van der Waals surface area contributed by atoms with Crippen LogP contribution in [0, 0.1) is 0 Å². The van der Waals surface area contributed by atoms with E-state index >= 15 is 0 Å². The lowest BCUT2D eigenvalue weighted by atomic mass is 10.1. The van der Waals surface area contributed by atoms with Crippen molar-refractivity contribution in [2.75, 3.05) is 5.75 Å². The second-order valence-corrected chi connectivity index (χ2v) is 4.78. The van der Waals surface area contributed by atoms with Gasteiger partial charge < -0.3 is 0 Å². The van der Waals surface area contributed by atoms with Crippen LogP contribution in [0.4, 0.5) is 17.6 Å². The summed E-state index contributed by atoms with van der Waals surface area (Å²) in [7, 11) is 0. The number of halogens is 4. The fraction of sp³-hybridized carbons (Fsp3) is 0.900. The lowest BCUT2D eigenvalue weighted by Gasteiger charge is -2.22. The lowest BCUT2D eigenvalue weighted by Crippen LogP contribution is -2.37. The fourth-order valence-electron chi connectivity index (χ4n) is 0.957. The SMILES string of the molecule is CCC(=O)SCCCCC(F)(F)C(C)(F)F. The highest BCUT2D eigenvalue weighted by Crippen LogP contribution is 2.37. The predicted octanol–water partition coefficient (Wildman–Crippen LogP) is 4.12. The van der Waals surface area contributed by atoms with Crippen molar-refractivity contribution >= 4 is 16.9 Å². The van der Waals surface area contributed by atoms with E-state index in [0.717, 1.165) is 11.8 Å². The zero-order valence-corrected chi connectivity index (χ0v) is 10.2. The Labute approximate surface area is 97.0 Å². The van der Waals surface area contributed by atoms with Crippen LogP contribution in [0.15, 0.2) is 0 Å². The zero-order chi connectivity index (χ0) is 12.8. The molecule has 0 atom stereocenters. The van der Waals surface area contributed by atoms with E-state index in [1.165, 1.54) is 0 Å². The fourth-order valence-corrected chi connectivity index (χ4v) is 1.74. The van der Waals surface area contributed by atoms with Crippen molar-refractivity contribution in [2.45, 2.75) is 51.4 Å². The number of hydrogen-bond acceptors (Lipinski definition) is 2. The van der Waals surface area contributed by atoms with Crippen molar-refractivity contribution in [2.24, 2.45) is 0 Å². The smallest absolute Gasteiger partial charge is 0.287 e. The van der Waals surface area contributed by atoms with Gasteiger partial charge in [0.1, 0.15) is 0 Å². The second kappa shape index (κ2) is 6.47. The highest BCUT2D eigenvalue weighted by molar-refractivity contribution is 8.13. The molecule has 0 aliphatic rings. The van der Waals surface area contributed by atoms with Crippen LogP contribution in [0.5, 0.6) is 0 Å². The standard InChI is InChI=1S/C10H16F4OS/c1-3-8(15)16-7-5-4-6-10(13,14)9(2,11)12/h3-7H2,1-2H3. The summed E-state index contributed by atoms with van der Waals surface area (Å²) in [5.74, 6) is -7.51. The van der Waals surface area contributed by atoms with E-state index in [2.05, 4.69) is 0 Å². The second-order valence-electron chi connectivity index (χ2n) is 3.62. The molecule has 0 aliphatic heterocycles. The van der Waals surface area contributed by atoms with Gasteiger partial charge in [-0.3, -0.25) is 4.79 Å². The summed E-state index contributed by atoms with van der Waals surface area (Å²) in [6.07, 6.45) is -0.0895. The van der Waals surface area contributed by atoms with E-state index in [9.17, 15) is 22.4 Å². The number of alkyl halides is 4. The van der Waals surface area contributed by atoms with Gasteiger partial charge in [-0.15, -0.1) is 0 Å². The first kappa shape index (κ1) is 15.7. The normalized spacial score (nSPS) is 12.9. The Bertz CT molecular complexity index is 225. The van der Waals surface area contributed by atoms with Crippen molar-refractivity contribution in [3.8, 4) is 0 Å². The van der Waals surface area contributed by atoms with Gasteiger partial charge in [0.05, 0.1) is 0 Å². The van der Waals surface area contributed by atoms with Crippen LogP contribution in [0.3, 0.4) is 0 Å². The summed E-state index contributed by atoms with van der Waals surface area (Å²) < 4.78 is 50.3. The maximum atomic E-state index is 12.8. The van der Waals surface area contributed by atoms with Crippen molar-refractivity contribution in [3.05, 3.63) is 0 Å². The summed E-state index contributed by atoms with van der Waals surface area (Å²) in [4.78, 5) is 10.8. The Morgan fingerprint density at radius 2 is 1.75 bits per heavy atom. The van der Waals surface area contributed by atoms with Gasteiger partial charge in [0.2, 0.25) is 0 Å². The van der Waals surface area contributed by atoms with Crippen LogP contribution in [0.25, 0.3) is 0 Å². The topological polar surface area (TPSA) is 17.1 Å². The monoisotopic (exact) mass is 260 g/mol. The van der Waals surface area contributed by atoms with Gasteiger partial charge in [-0.2, -0.15) is 8.78 Å². The van der Waals surface area contributed by atoms with Gasteiger partial charge in [0.15, 0.2) is 5.12 Å². The minimum atomic E-state index is -3.97. The van der Waals surface area contributed by atoms with Gasteiger partial charge in [0, 0.05) is 25.5 Å². The third kappa shape index (κ3) is 5.72. The summed E-state index contributed by atoms with van der Waals surface area (Å²) in [6, 6.07) is 0. The van der Waals surface area contributed by atoms with E-state index in [0.29, 0.717) is 18.6 Å². The Balaban J connectivity index is 3.71. The first-order chi connectivity index (χ1) is 7.20. The predicted molar refractivity (Wildman–Crippen MR) is 57.2 cm³/mol. The number of carbonyl (C=O) groups excluding carboxylic acids is 1. The average molecular weight is 260 g/mol. The maximum Gasteiger partial charge on any atom is 0.309 e. The van der Waals surface area contributed by atoms with Gasteiger partial charge in [0.25, 0.3) is 0 Å². The molecule has 0 aromatic heterocycles. The molecule has 0 aliphatic carbocycles. The third-order valence-corrected chi connectivity index (χ3v) is 3.18. The maximum absolute atomic E-state index is 12.8. The molecule has 0 fully saturated rings. The average Bonchev–Trinajstić information content (AvgIpc) is 2.15. The van der Waals surface area contributed by atoms with Gasteiger partial charge in [-0.25, -0.2) is 8.78 Å². The summed E-state index contributed by atoms with van der Waals surface area (Å²) in [5.41, 5.74) is 0. The first-order valence-electron chi connectivity index (χ1n) is 5.12. The molecule has 0 aromatic carbocycles. The van der Waals surface area contributed by atoms with Crippen molar-refractivity contribution in [3.63, 3.8) is 0 Å². The molecule has 0 N–H and O–H groups in total. The molecular formula is C10H16F4OS. The van der Waals surface area contributed by atoms with Crippen molar-refractivity contribution in [1.29, 1.82) is 0 Å². The molecule has 0 amide bonds. The van der Waals surface area contributed by atoms with E-state index in [1.807, 2.05) is 0 Å². The molecule has 0 aromatic rings. The number of unbranched alkanes of at least 4 members (excludes halogenated alkanes) is 1. The Morgan fingerprint density at radius 3 is 2.19 bits per heavy atom. The van der Waals surface area contributed by atoms with E-state index in [-0.39, 0.29) is 18.5 Å². The molecule has 96 valence electrons. The molecule has 6 heteroatoms. The molecular weight excluding hydrogens is 244 g/mol. The molecule has 0 rings (SSSR count). The molecule has 0 spiro atoms. The largest absolute Gasteiger partial charge is 0.309 e.